The maximum absolute atomic E-state index is 9.84. The first kappa shape index (κ1) is 18.8. The molecule has 0 saturated heterocycles. The number of benzene rings is 2. The molecule has 2 aromatic carbocycles. The number of H-pyrrole nitrogens is 1. The van der Waals surface area contributed by atoms with Gasteiger partial charge in [0, 0.05) is 5.56 Å². The Hall–Kier alpha value is -3.52. The van der Waals surface area contributed by atoms with E-state index in [2.05, 4.69) is 73.4 Å². The first-order chi connectivity index (χ1) is 13.8. The number of nitrogens with two attached hydrogens (primary N) is 1. The van der Waals surface area contributed by atoms with Gasteiger partial charge in [-0.2, -0.15) is 5.26 Å². The third-order valence-electron chi connectivity index (χ3n) is 5.39. The van der Waals surface area contributed by atoms with Crippen LogP contribution in [0.3, 0.4) is 0 Å². The second kappa shape index (κ2) is 6.82. The number of aromatic amines is 1. The zero-order valence-corrected chi connectivity index (χ0v) is 17.1. The van der Waals surface area contributed by atoms with Gasteiger partial charge >= 0.3 is 0 Å². The SMILES string of the molecule is Cc1ccc(-c2[nH]nc3c2[C@H](c2ccc(C(C)(C)C)cc2)C(C#N)=C(N)O3)cc1. The van der Waals surface area contributed by atoms with Gasteiger partial charge in [0.15, 0.2) is 0 Å². The van der Waals surface area contributed by atoms with Crippen LogP contribution in [0.5, 0.6) is 5.88 Å². The molecule has 0 spiro atoms. The van der Waals surface area contributed by atoms with E-state index < -0.39 is 0 Å². The lowest BCUT2D eigenvalue weighted by molar-refractivity contribution is 0.379. The fourth-order valence-electron chi connectivity index (χ4n) is 3.69. The van der Waals surface area contributed by atoms with Crippen LogP contribution >= 0.6 is 0 Å². The van der Waals surface area contributed by atoms with Crippen molar-refractivity contribution in [3.05, 3.63) is 82.2 Å². The Morgan fingerprint density at radius 3 is 2.31 bits per heavy atom. The number of aryl methyl sites for hydroxylation is 1. The molecule has 2 heterocycles. The molecule has 5 heteroatoms. The van der Waals surface area contributed by atoms with E-state index in [0.717, 1.165) is 22.4 Å². The second-order valence-corrected chi connectivity index (χ2v) is 8.48. The maximum Gasteiger partial charge on any atom is 0.244 e. The monoisotopic (exact) mass is 384 g/mol. The van der Waals surface area contributed by atoms with Crippen molar-refractivity contribution >= 4 is 0 Å². The minimum absolute atomic E-state index is 0.0506. The third-order valence-corrected chi connectivity index (χ3v) is 5.39. The number of fused-ring (bicyclic) bond motifs is 1. The average Bonchev–Trinajstić information content (AvgIpc) is 3.10. The molecule has 146 valence electrons. The van der Waals surface area contributed by atoms with Gasteiger partial charge in [-0.15, -0.1) is 5.10 Å². The van der Waals surface area contributed by atoms with E-state index >= 15 is 0 Å². The van der Waals surface area contributed by atoms with Crippen LogP contribution in [0.4, 0.5) is 0 Å². The number of ether oxygens (including phenoxy) is 1. The minimum Gasteiger partial charge on any atom is -0.420 e. The van der Waals surface area contributed by atoms with Crippen molar-refractivity contribution in [2.75, 3.05) is 0 Å². The van der Waals surface area contributed by atoms with Crippen molar-refractivity contribution in [1.29, 1.82) is 5.26 Å². The summed E-state index contributed by atoms with van der Waals surface area (Å²) in [4.78, 5) is 0. The highest BCUT2D eigenvalue weighted by Crippen LogP contribution is 2.45. The van der Waals surface area contributed by atoms with Crippen molar-refractivity contribution in [1.82, 2.24) is 10.2 Å². The van der Waals surface area contributed by atoms with Gasteiger partial charge in [-0.05, 0) is 23.5 Å². The average molecular weight is 384 g/mol. The number of allylic oxidation sites excluding steroid dienone is 1. The number of nitrogens with one attached hydrogen (secondary N) is 1. The Morgan fingerprint density at radius 1 is 1.07 bits per heavy atom. The molecule has 0 saturated carbocycles. The molecule has 1 atom stereocenters. The van der Waals surface area contributed by atoms with Crippen LogP contribution in [0.25, 0.3) is 11.3 Å². The molecule has 3 aromatic rings. The predicted octanol–water partition coefficient (Wildman–Crippen LogP) is 4.90. The number of hydrogen-bond donors (Lipinski definition) is 2. The smallest absolute Gasteiger partial charge is 0.244 e. The van der Waals surface area contributed by atoms with Crippen molar-refractivity contribution in [2.24, 2.45) is 5.73 Å². The summed E-state index contributed by atoms with van der Waals surface area (Å²) in [6.45, 7) is 8.59. The van der Waals surface area contributed by atoms with E-state index in [1.807, 2.05) is 19.1 Å². The van der Waals surface area contributed by atoms with Crippen molar-refractivity contribution < 1.29 is 4.74 Å². The summed E-state index contributed by atoms with van der Waals surface area (Å²) in [7, 11) is 0. The van der Waals surface area contributed by atoms with E-state index in [1.54, 1.807) is 0 Å². The number of nitrogens with zero attached hydrogens (tertiary/aromatic N) is 2. The van der Waals surface area contributed by atoms with Crippen LogP contribution in [-0.2, 0) is 5.41 Å². The molecule has 1 aromatic heterocycles. The van der Waals surface area contributed by atoms with Crippen molar-refractivity contribution in [3.63, 3.8) is 0 Å². The standard InChI is InChI=1S/C24H24N4O/c1-14-5-7-16(8-6-14)21-20-19(15-9-11-17(12-10-15)24(2,3)4)18(13-25)22(26)29-23(20)28-27-21/h5-12,19H,26H2,1-4H3,(H,27,28)/t19-/m1/s1. The molecular weight excluding hydrogens is 360 g/mol. The highest BCUT2D eigenvalue weighted by molar-refractivity contribution is 5.71. The topological polar surface area (TPSA) is 87.7 Å². The molecule has 1 aliphatic heterocycles. The molecule has 5 nitrogen and oxygen atoms in total. The van der Waals surface area contributed by atoms with Gasteiger partial charge in [-0.1, -0.05) is 74.9 Å². The zero-order chi connectivity index (χ0) is 20.8. The molecule has 29 heavy (non-hydrogen) atoms. The number of hydrogen-bond acceptors (Lipinski definition) is 4. The Kier molecular flexibility index (Phi) is 4.43. The highest BCUT2D eigenvalue weighted by Gasteiger charge is 2.35. The normalized spacial score (nSPS) is 16.2. The van der Waals surface area contributed by atoms with E-state index in [1.165, 1.54) is 11.1 Å². The van der Waals surface area contributed by atoms with Gasteiger partial charge in [0.2, 0.25) is 11.8 Å². The molecule has 4 rings (SSSR count). The fourth-order valence-corrected chi connectivity index (χ4v) is 3.69. The van der Waals surface area contributed by atoms with Gasteiger partial charge in [-0.25, -0.2) is 0 Å². The van der Waals surface area contributed by atoms with Crippen LogP contribution < -0.4 is 10.5 Å². The number of rotatable bonds is 2. The van der Waals surface area contributed by atoms with Crippen molar-refractivity contribution in [2.45, 2.75) is 39.0 Å². The summed E-state index contributed by atoms with van der Waals surface area (Å²) in [5, 5.41) is 17.3. The van der Waals surface area contributed by atoms with Crippen LogP contribution in [-0.4, -0.2) is 10.2 Å². The number of nitriles is 1. The lowest BCUT2D eigenvalue weighted by atomic mass is 9.80. The van der Waals surface area contributed by atoms with E-state index in [-0.39, 0.29) is 17.2 Å². The summed E-state index contributed by atoms with van der Waals surface area (Å²) in [6, 6.07) is 18.8. The Morgan fingerprint density at radius 2 is 1.72 bits per heavy atom. The first-order valence-electron chi connectivity index (χ1n) is 9.63. The van der Waals surface area contributed by atoms with Gasteiger partial charge in [0.05, 0.1) is 17.2 Å². The molecule has 1 aliphatic rings. The summed E-state index contributed by atoms with van der Waals surface area (Å²) in [5.74, 6) is 0.182. The lowest BCUT2D eigenvalue weighted by Crippen LogP contribution is -2.21. The Labute approximate surface area is 170 Å². The summed E-state index contributed by atoms with van der Waals surface area (Å²) in [5.41, 5.74) is 12.6. The maximum atomic E-state index is 9.84. The zero-order valence-electron chi connectivity index (χ0n) is 17.1. The minimum atomic E-state index is -0.340. The summed E-state index contributed by atoms with van der Waals surface area (Å²) in [6.07, 6.45) is 0. The second-order valence-electron chi connectivity index (χ2n) is 8.48. The summed E-state index contributed by atoms with van der Waals surface area (Å²) >= 11 is 0. The van der Waals surface area contributed by atoms with E-state index in [9.17, 15) is 5.26 Å². The van der Waals surface area contributed by atoms with E-state index in [4.69, 9.17) is 10.5 Å². The molecular formula is C24H24N4O. The molecule has 0 aliphatic carbocycles. The van der Waals surface area contributed by atoms with Crippen LogP contribution in [0.2, 0.25) is 0 Å². The largest absolute Gasteiger partial charge is 0.420 e. The van der Waals surface area contributed by atoms with Gasteiger partial charge < -0.3 is 10.5 Å². The lowest BCUT2D eigenvalue weighted by Gasteiger charge is -2.25. The van der Waals surface area contributed by atoms with Gasteiger partial charge in [-0.3, -0.25) is 5.10 Å². The number of aromatic nitrogens is 2. The van der Waals surface area contributed by atoms with Crippen LogP contribution in [0.1, 0.15) is 48.9 Å². The van der Waals surface area contributed by atoms with Crippen molar-refractivity contribution in [3.8, 4) is 23.2 Å². The van der Waals surface area contributed by atoms with Gasteiger partial charge in [0.25, 0.3) is 0 Å². The Balaban J connectivity index is 1.88. The molecule has 0 unspecified atom stereocenters. The third kappa shape index (κ3) is 3.27. The van der Waals surface area contributed by atoms with E-state index in [0.29, 0.717) is 11.5 Å². The first-order valence-corrected chi connectivity index (χ1v) is 9.63. The fraction of sp³-hybridized carbons (Fsp3) is 0.250. The predicted molar refractivity (Wildman–Crippen MR) is 113 cm³/mol. The van der Waals surface area contributed by atoms with Gasteiger partial charge in [0.1, 0.15) is 11.6 Å². The van der Waals surface area contributed by atoms with Crippen LogP contribution in [0, 0.1) is 18.3 Å². The summed E-state index contributed by atoms with van der Waals surface area (Å²) < 4.78 is 5.68. The molecule has 0 amide bonds. The quantitative estimate of drug-likeness (QED) is 0.658. The van der Waals surface area contributed by atoms with Crippen LogP contribution in [0.15, 0.2) is 60.0 Å². The molecule has 0 radical (unpaired) electrons. The molecule has 0 fully saturated rings. The molecule has 3 N–H and O–H groups in total. The highest BCUT2D eigenvalue weighted by atomic mass is 16.5. The Bertz CT molecular complexity index is 1120. The molecule has 0 bridgehead atoms.